The standard InChI is InChI=1S/C10H19NO2S/c1-8(10(12)13-2)6-11-7-9-4-3-5-14-9/h8-9,11H,3-7H2,1-2H3. The maximum Gasteiger partial charge on any atom is 0.309 e. The summed E-state index contributed by atoms with van der Waals surface area (Å²) in [5, 5.41) is 4.07. The molecular weight excluding hydrogens is 198 g/mol. The van der Waals surface area contributed by atoms with E-state index in [0.29, 0.717) is 0 Å². The van der Waals surface area contributed by atoms with E-state index in [2.05, 4.69) is 10.1 Å². The van der Waals surface area contributed by atoms with Gasteiger partial charge >= 0.3 is 5.97 Å². The summed E-state index contributed by atoms with van der Waals surface area (Å²) in [6, 6.07) is 0. The van der Waals surface area contributed by atoms with Crippen molar-refractivity contribution in [2.75, 3.05) is 26.0 Å². The van der Waals surface area contributed by atoms with E-state index >= 15 is 0 Å². The van der Waals surface area contributed by atoms with Gasteiger partial charge in [0, 0.05) is 18.3 Å². The molecule has 2 unspecified atom stereocenters. The first kappa shape index (κ1) is 11.9. The lowest BCUT2D eigenvalue weighted by Gasteiger charge is -2.13. The SMILES string of the molecule is COC(=O)C(C)CNCC1CCCS1. The molecule has 0 spiro atoms. The summed E-state index contributed by atoms with van der Waals surface area (Å²) in [6.07, 6.45) is 2.65. The molecule has 1 aliphatic heterocycles. The van der Waals surface area contributed by atoms with Crippen LogP contribution in [0.5, 0.6) is 0 Å². The highest BCUT2D eigenvalue weighted by molar-refractivity contribution is 8.00. The lowest BCUT2D eigenvalue weighted by Crippen LogP contribution is -2.31. The summed E-state index contributed by atoms with van der Waals surface area (Å²) in [5.74, 6) is 1.13. The van der Waals surface area contributed by atoms with Gasteiger partial charge in [0.25, 0.3) is 0 Å². The van der Waals surface area contributed by atoms with E-state index in [0.717, 1.165) is 18.3 Å². The second-order valence-corrected chi connectivity index (χ2v) is 5.13. The minimum atomic E-state index is -0.128. The number of esters is 1. The van der Waals surface area contributed by atoms with Gasteiger partial charge in [0.2, 0.25) is 0 Å². The number of hydrogen-bond acceptors (Lipinski definition) is 4. The molecule has 1 rings (SSSR count). The zero-order valence-electron chi connectivity index (χ0n) is 8.91. The Morgan fingerprint density at radius 1 is 1.71 bits per heavy atom. The number of thioether (sulfide) groups is 1. The summed E-state index contributed by atoms with van der Waals surface area (Å²) in [7, 11) is 1.44. The Kier molecular flexibility index (Phi) is 5.33. The molecule has 1 heterocycles. The van der Waals surface area contributed by atoms with Gasteiger partial charge in [-0.1, -0.05) is 6.92 Å². The number of carbonyl (C=O) groups is 1. The first-order valence-electron chi connectivity index (χ1n) is 5.14. The molecule has 0 saturated carbocycles. The maximum atomic E-state index is 11.1. The highest BCUT2D eigenvalue weighted by Gasteiger charge is 2.17. The van der Waals surface area contributed by atoms with Crippen LogP contribution in [0.4, 0.5) is 0 Å². The number of ether oxygens (including phenoxy) is 1. The van der Waals surface area contributed by atoms with Crippen molar-refractivity contribution in [3.63, 3.8) is 0 Å². The van der Waals surface area contributed by atoms with Gasteiger partial charge < -0.3 is 10.1 Å². The molecule has 0 amide bonds. The molecule has 0 aromatic rings. The summed E-state index contributed by atoms with van der Waals surface area (Å²) in [6.45, 7) is 3.64. The van der Waals surface area contributed by atoms with Crippen LogP contribution >= 0.6 is 11.8 Å². The van der Waals surface area contributed by atoms with Crippen molar-refractivity contribution in [3.8, 4) is 0 Å². The molecule has 1 N–H and O–H groups in total. The van der Waals surface area contributed by atoms with Gasteiger partial charge in [0.05, 0.1) is 13.0 Å². The normalized spacial score (nSPS) is 23.4. The number of methoxy groups -OCH3 is 1. The van der Waals surface area contributed by atoms with Gasteiger partial charge in [-0.3, -0.25) is 4.79 Å². The molecule has 0 radical (unpaired) electrons. The van der Waals surface area contributed by atoms with Crippen molar-refractivity contribution >= 4 is 17.7 Å². The van der Waals surface area contributed by atoms with Crippen LogP contribution in [0, 0.1) is 5.92 Å². The third-order valence-corrected chi connectivity index (χ3v) is 3.85. The molecule has 4 heteroatoms. The Hall–Kier alpha value is -0.220. The Morgan fingerprint density at radius 2 is 2.50 bits per heavy atom. The molecule has 0 bridgehead atoms. The van der Waals surface area contributed by atoms with Crippen molar-refractivity contribution in [3.05, 3.63) is 0 Å². The summed E-state index contributed by atoms with van der Waals surface area (Å²) < 4.78 is 4.65. The highest BCUT2D eigenvalue weighted by Crippen LogP contribution is 2.25. The van der Waals surface area contributed by atoms with E-state index in [9.17, 15) is 4.79 Å². The minimum Gasteiger partial charge on any atom is -0.469 e. The molecule has 1 fully saturated rings. The minimum absolute atomic E-state index is 0.0357. The highest BCUT2D eigenvalue weighted by atomic mass is 32.2. The Labute approximate surface area is 90.0 Å². The number of rotatable bonds is 5. The first-order valence-corrected chi connectivity index (χ1v) is 6.19. The predicted octanol–water partition coefficient (Wildman–Crippen LogP) is 1.28. The largest absolute Gasteiger partial charge is 0.469 e. The van der Waals surface area contributed by atoms with Crippen molar-refractivity contribution in [2.45, 2.75) is 25.0 Å². The van der Waals surface area contributed by atoms with Crippen LogP contribution in [-0.4, -0.2) is 37.2 Å². The fourth-order valence-electron chi connectivity index (χ4n) is 1.55. The van der Waals surface area contributed by atoms with Crippen molar-refractivity contribution in [2.24, 2.45) is 5.92 Å². The van der Waals surface area contributed by atoms with Gasteiger partial charge in [-0.15, -0.1) is 0 Å². The third-order valence-electron chi connectivity index (χ3n) is 2.45. The van der Waals surface area contributed by atoms with Crippen LogP contribution in [-0.2, 0) is 9.53 Å². The average molecular weight is 217 g/mol. The van der Waals surface area contributed by atoms with E-state index in [1.807, 2.05) is 18.7 Å². The maximum absolute atomic E-state index is 11.1. The predicted molar refractivity (Wildman–Crippen MR) is 59.5 cm³/mol. The van der Waals surface area contributed by atoms with Crippen LogP contribution in [0.2, 0.25) is 0 Å². The quantitative estimate of drug-likeness (QED) is 0.704. The van der Waals surface area contributed by atoms with Gasteiger partial charge in [-0.25, -0.2) is 0 Å². The molecule has 0 aromatic heterocycles. The molecule has 82 valence electrons. The number of hydrogen-bond donors (Lipinski definition) is 1. The number of carbonyl (C=O) groups excluding carboxylic acids is 1. The second-order valence-electron chi connectivity index (χ2n) is 3.72. The van der Waals surface area contributed by atoms with Gasteiger partial charge in [0.1, 0.15) is 0 Å². The van der Waals surface area contributed by atoms with E-state index in [4.69, 9.17) is 0 Å². The van der Waals surface area contributed by atoms with Crippen LogP contribution in [0.15, 0.2) is 0 Å². The zero-order valence-corrected chi connectivity index (χ0v) is 9.73. The van der Waals surface area contributed by atoms with Gasteiger partial charge in [0.15, 0.2) is 0 Å². The molecule has 1 saturated heterocycles. The molecule has 0 aromatic carbocycles. The third kappa shape index (κ3) is 3.88. The number of nitrogens with one attached hydrogen (secondary N) is 1. The van der Waals surface area contributed by atoms with Crippen LogP contribution < -0.4 is 5.32 Å². The van der Waals surface area contributed by atoms with Gasteiger partial charge in [-0.05, 0) is 18.6 Å². The smallest absolute Gasteiger partial charge is 0.309 e. The second kappa shape index (κ2) is 6.30. The Morgan fingerprint density at radius 3 is 3.07 bits per heavy atom. The zero-order chi connectivity index (χ0) is 10.4. The molecule has 2 atom stereocenters. The van der Waals surface area contributed by atoms with Crippen molar-refractivity contribution in [1.29, 1.82) is 0 Å². The summed E-state index contributed by atoms with van der Waals surface area (Å²) >= 11 is 2.03. The van der Waals surface area contributed by atoms with E-state index in [1.54, 1.807) is 0 Å². The van der Waals surface area contributed by atoms with Crippen LogP contribution in [0.25, 0.3) is 0 Å². The molecule has 14 heavy (non-hydrogen) atoms. The van der Waals surface area contributed by atoms with E-state index in [1.165, 1.54) is 25.7 Å². The molecular formula is C10H19NO2S. The van der Waals surface area contributed by atoms with Gasteiger partial charge in [-0.2, -0.15) is 11.8 Å². The Balaban J connectivity index is 2.05. The summed E-state index contributed by atoms with van der Waals surface area (Å²) in [5.41, 5.74) is 0. The lowest BCUT2D eigenvalue weighted by atomic mass is 10.2. The first-order chi connectivity index (χ1) is 6.74. The van der Waals surface area contributed by atoms with E-state index < -0.39 is 0 Å². The van der Waals surface area contributed by atoms with Crippen molar-refractivity contribution in [1.82, 2.24) is 5.32 Å². The topological polar surface area (TPSA) is 38.3 Å². The lowest BCUT2D eigenvalue weighted by molar-refractivity contribution is -0.144. The fourth-order valence-corrected chi connectivity index (χ4v) is 2.79. The monoisotopic (exact) mass is 217 g/mol. The van der Waals surface area contributed by atoms with E-state index in [-0.39, 0.29) is 11.9 Å². The van der Waals surface area contributed by atoms with Crippen LogP contribution in [0.1, 0.15) is 19.8 Å². The molecule has 0 aliphatic carbocycles. The fraction of sp³-hybridized carbons (Fsp3) is 0.900. The molecule has 1 aliphatic rings. The average Bonchev–Trinajstić information content (AvgIpc) is 2.69. The van der Waals surface area contributed by atoms with Crippen LogP contribution in [0.3, 0.4) is 0 Å². The molecule has 3 nitrogen and oxygen atoms in total. The Bertz CT molecular complexity index is 181. The van der Waals surface area contributed by atoms with Crippen molar-refractivity contribution < 1.29 is 9.53 Å². The summed E-state index contributed by atoms with van der Waals surface area (Å²) in [4.78, 5) is 11.1.